The van der Waals surface area contributed by atoms with E-state index < -0.39 is 0 Å². The van der Waals surface area contributed by atoms with Crippen molar-refractivity contribution in [3.63, 3.8) is 0 Å². The van der Waals surface area contributed by atoms with Crippen molar-refractivity contribution in [3.8, 4) is 11.8 Å². The Morgan fingerprint density at radius 2 is 2.21 bits per heavy atom. The Balaban J connectivity index is 1.95. The van der Waals surface area contributed by atoms with E-state index in [0.29, 0.717) is 18.2 Å². The first-order chi connectivity index (χ1) is 9.29. The zero-order valence-corrected chi connectivity index (χ0v) is 11.6. The molecule has 4 heteroatoms. The Kier molecular flexibility index (Phi) is 5.31. The summed E-state index contributed by atoms with van der Waals surface area (Å²) in [5, 5.41) is 3.08. The maximum atomic E-state index is 12.1. The molecule has 0 bridgehead atoms. The predicted molar refractivity (Wildman–Crippen MR) is 80.2 cm³/mol. The van der Waals surface area contributed by atoms with Crippen LogP contribution >= 0.6 is 11.8 Å². The third-order valence-corrected chi connectivity index (χ3v) is 4.19. The van der Waals surface area contributed by atoms with Crippen molar-refractivity contribution in [2.24, 2.45) is 5.73 Å². The summed E-state index contributed by atoms with van der Waals surface area (Å²) in [5.41, 5.74) is 6.89. The molecule has 2 rings (SSSR count). The molecule has 1 amide bonds. The lowest BCUT2D eigenvalue weighted by molar-refractivity contribution is 0.0938. The number of carbonyl (C=O) groups excluding carboxylic acids is 1. The van der Waals surface area contributed by atoms with Crippen molar-refractivity contribution in [1.29, 1.82) is 0 Å². The van der Waals surface area contributed by atoms with E-state index in [1.54, 1.807) is 0 Å². The van der Waals surface area contributed by atoms with E-state index in [0.717, 1.165) is 17.7 Å². The van der Waals surface area contributed by atoms with Gasteiger partial charge in [0, 0.05) is 22.9 Å². The molecule has 0 saturated carbocycles. The minimum absolute atomic E-state index is 0.00540. The van der Waals surface area contributed by atoms with Crippen molar-refractivity contribution in [1.82, 2.24) is 5.32 Å². The molecule has 1 aliphatic rings. The van der Waals surface area contributed by atoms with Crippen molar-refractivity contribution in [3.05, 3.63) is 35.4 Å². The predicted octanol–water partition coefficient (Wildman–Crippen LogP) is 1.62. The Morgan fingerprint density at radius 1 is 1.42 bits per heavy atom. The number of hydrogen-bond donors (Lipinski definition) is 2. The van der Waals surface area contributed by atoms with Gasteiger partial charge in [-0.1, -0.05) is 11.8 Å². The molecular weight excluding hydrogens is 256 g/mol. The number of benzene rings is 1. The molecule has 3 N–H and O–H groups in total. The topological polar surface area (TPSA) is 55.1 Å². The van der Waals surface area contributed by atoms with E-state index in [4.69, 9.17) is 5.73 Å². The fourth-order valence-corrected chi connectivity index (χ4v) is 3.05. The highest BCUT2D eigenvalue weighted by Gasteiger charge is 2.16. The molecule has 19 heavy (non-hydrogen) atoms. The lowest BCUT2D eigenvalue weighted by Crippen LogP contribution is -2.38. The molecule has 0 spiro atoms. The molecule has 1 fully saturated rings. The maximum absolute atomic E-state index is 12.1. The van der Waals surface area contributed by atoms with Gasteiger partial charge < -0.3 is 11.1 Å². The first-order valence-corrected chi connectivity index (χ1v) is 7.62. The second kappa shape index (κ2) is 7.22. The van der Waals surface area contributed by atoms with Gasteiger partial charge >= 0.3 is 0 Å². The largest absolute Gasteiger partial charge is 0.348 e. The van der Waals surface area contributed by atoms with Gasteiger partial charge in [-0.05, 0) is 42.9 Å². The summed E-state index contributed by atoms with van der Waals surface area (Å²) in [5.74, 6) is 7.97. The monoisotopic (exact) mass is 274 g/mol. The van der Waals surface area contributed by atoms with Crippen LogP contribution in [-0.2, 0) is 0 Å². The summed E-state index contributed by atoms with van der Waals surface area (Å²) in [4.78, 5) is 12.1. The summed E-state index contributed by atoms with van der Waals surface area (Å²) in [6, 6.07) is 7.64. The summed E-state index contributed by atoms with van der Waals surface area (Å²) >= 11 is 1.91. The molecule has 0 radical (unpaired) electrons. The summed E-state index contributed by atoms with van der Waals surface area (Å²) < 4.78 is 0. The van der Waals surface area contributed by atoms with Gasteiger partial charge in [-0.3, -0.25) is 4.79 Å². The highest BCUT2D eigenvalue weighted by molar-refractivity contribution is 7.99. The van der Waals surface area contributed by atoms with Crippen LogP contribution in [0.1, 0.15) is 28.8 Å². The number of rotatable bonds is 2. The lowest BCUT2D eigenvalue weighted by Gasteiger charge is -2.22. The van der Waals surface area contributed by atoms with Gasteiger partial charge in [-0.2, -0.15) is 11.8 Å². The molecule has 100 valence electrons. The van der Waals surface area contributed by atoms with Crippen molar-refractivity contribution in [2.45, 2.75) is 18.9 Å². The summed E-state index contributed by atoms with van der Waals surface area (Å²) in [6.45, 7) is 0.349. The van der Waals surface area contributed by atoms with Crippen molar-refractivity contribution >= 4 is 17.7 Å². The normalized spacial score (nSPS) is 18.3. The highest BCUT2D eigenvalue weighted by Crippen LogP contribution is 2.17. The van der Waals surface area contributed by atoms with Crippen molar-refractivity contribution in [2.75, 3.05) is 18.1 Å². The molecular formula is C15H18N2OS. The molecule has 3 nitrogen and oxygen atoms in total. The number of hydrogen-bond acceptors (Lipinski definition) is 3. The summed E-state index contributed by atoms with van der Waals surface area (Å²) in [7, 11) is 0. The average molecular weight is 274 g/mol. The smallest absolute Gasteiger partial charge is 0.251 e. The Morgan fingerprint density at radius 3 is 2.84 bits per heavy atom. The van der Waals surface area contributed by atoms with Crippen LogP contribution in [0.4, 0.5) is 0 Å². The molecule has 1 aliphatic heterocycles. The van der Waals surface area contributed by atoms with Crippen LogP contribution in [0, 0.1) is 11.8 Å². The standard InChI is InChI=1S/C15H18N2OS/c16-9-1-3-12-5-7-13(8-6-12)15(18)17-14-4-2-10-19-11-14/h5-8,14H,2,4,9-11,16H2,(H,17,18). The molecule has 0 aromatic heterocycles. The lowest BCUT2D eigenvalue weighted by atomic mass is 10.1. The minimum Gasteiger partial charge on any atom is -0.348 e. The molecule has 1 unspecified atom stereocenters. The molecule has 1 heterocycles. The van der Waals surface area contributed by atoms with Gasteiger partial charge in [0.2, 0.25) is 0 Å². The second-order valence-corrected chi connectivity index (χ2v) is 5.62. The third kappa shape index (κ3) is 4.30. The van der Waals surface area contributed by atoms with E-state index in [2.05, 4.69) is 17.2 Å². The number of carbonyl (C=O) groups is 1. The maximum Gasteiger partial charge on any atom is 0.251 e. The zero-order chi connectivity index (χ0) is 13.5. The van der Waals surface area contributed by atoms with Gasteiger partial charge in [0.1, 0.15) is 0 Å². The number of nitrogens with two attached hydrogens (primary N) is 1. The van der Waals surface area contributed by atoms with Crippen LogP contribution in [0.25, 0.3) is 0 Å². The van der Waals surface area contributed by atoms with Crippen LogP contribution in [0.5, 0.6) is 0 Å². The van der Waals surface area contributed by atoms with E-state index in [9.17, 15) is 4.79 Å². The Labute approximate surface area is 118 Å². The second-order valence-electron chi connectivity index (χ2n) is 4.47. The van der Waals surface area contributed by atoms with E-state index in [1.165, 1.54) is 12.2 Å². The van der Waals surface area contributed by atoms with Crippen LogP contribution < -0.4 is 11.1 Å². The molecule has 0 aliphatic carbocycles. The van der Waals surface area contributed by atoms with Crippen LogP contribution in [0.3, 0.4) is 0 Å². The number of thioether (sulfide) groups is 1. The van der Waals surface area contributed by atoms with Gasteiger partial charge in [-0.25, -0.2) is 0 Å². The fourth-order valence-electron chi connectivity index (χ4n) is 1.98. The molecule has 1 aromatic carbocycles. The molecule has 1 saturated heterocycles. The van der Waals surface area contributed by atoms with E-state index in [1.807, 2.05) is 36.0 Å². The number of nitrogens with one attached hydrogen (secondary N) is 1. The quantitative estimate of drug-likeness (QED) is 0.806. The van der Waals surface area contributed by atoms with Crippen LogP contribution in [0.2, 0.25) is 0 Å². The van der Waals surface area contributed by atoms with E-state index >= 15 is 0 Å². The fraction of sp³-hybridized carbons (Fsp3) is 0.400. The molecule has 1 aromatic rings. The molecule has 1 atom stereocenters. The first-order valence-electron chi connectivity index (χ1n) is 6.47. The van der Waals surface area contributed by atoms with Gasteiger partial charge in [-0.15, -0.1) is 0 Å². The SMILES string of the molecule is NCC#Cc1ccc(C(=O)NC2CCCSC2)cc1. The van der Waals surface area contributed by atoms with Gasteiger partial charge in [0.15, 0.2) is 0 Å². The van der Waals surface area contributed by atoms with Gasteiger partial charge in [0.05, 0.1) is 6.54 Å². The Hall–Kier alpha value is -1.44. The first kappa shape index (κ1) is 14.0. The highest BCUT2D eigenvalue weighted by atomic mass is 32.2. The zero-order valence-electron chi connectivity index (χ0n) is 10.8. The van der Waals surface area contributed by atoms with Crippen LogP contribution in [-0.4, -0.2) is 30.0 Å². The van der Waals surface area contributed by atoms with Crippen LogP contribution in [0.15, 0.2) is 24.3 Å². The van der Waals surface area contributed by atoms with Crippen molar-refractivity contribution < 1.29 is 4.79 Å². The number of amides is 1. The third-order valence-electron chi connectivity index (χ3n) is 2.98. The van der Waals surface area contributed by atoms with E-state index in [-0.39, 0.29) is 5.91 Å². The minimum atomic E-state index is 0.00540. The summed E-state index contributed by atoms with van der Waals surface area (Å²) in [6.07, 6.45) is 2.27. The Bertz CT molecular complexity index is 481. The average Bonchev–Trinajstić information content (AvgIpc) is 2.46. The van der Waals surface area contributed by atoms with Gasteiger partial charge in [0.25, 0.3) is 5.91 Å².